The van der Waals surface area contributed by atoms with Crippen LogP contribution in [0.5, 0.6) is 11.5 Å². The average molecular weight is 296 g/mol. The number of unbranched alkanes of at least 4 members (excludes halogenated alkanes) is 1. The second-order valence-electron chi connectivity index (χ2n) is 5.32. The van der Waals surface area contributed by atoms with E-state index in [-0.39, 0.29) is 13.2 Å². The highest BCUT2D eigenvalue weighted by Crippen LogP contribution is 2.30. The SMILES string of the molecule is CCCCC(CC)COc1cc(CO)c(OC)cc1CO. The molecule has 0 aliphatic carbocycles. The van der Waals surface area contributed by atoms with Gasteiger partial charge in [-0.3, -0.25) is 0 Å². The van der Waals surface area contributed by atoms with Crippen LogP contribution in [-0.2, 0) is 13.2 Å². The smallest absolute Gasteiger partial charge is 0.125 e. The van der Waals surface area contributed by atoms with E-state index in [1.54, 1.807) is 19.2 Å². The lowest BCUT2D eigenvalue weighted by atomic mass is 10.0. The fraction of sp³-hybridized carbons (Fsp3) is 0.647. The Kier molecular flexibility index (Phi) is 8.16. The van der Waals surface area contributed by atoms with Gasteiger partial charge in [-0.1, -0.05) is 33.1 Å². The highest BCUT2D eigenvalue weighted by Gasteiger charge is 2.13. The van der Waals surface area contributed by atoms with Crippen molar-refractivity contribution in [2.24, 2.45) is 5.92 Å². The normalized spacial score (nSPS) is 12.2. The van der Waals surface area contributed by atoms with Gasteiger partial charge in [0.15, 0.2) is 0 Å². The Hall–Kier alpha value is -1.26. The minimum Gasteiger partial charge on any atom is -0.496 e. The van der Waals surface area contributed by atoms with Crippen molar-refractivity contribution >= 4 is 0 Å². The quantitative estimate of drug-likeness (QED) is 0.695. The predicted octanol–water partition coefficient (Wildman–Crippen LogP) is 3.28. The van der Waals surface area contributed by atoms with Gasteiger partial charge in [0, 0.05) is 11.1 Å². The topological polar surface area (TPSA) is 58.9 Å². The highest BCUT2D eigenvalue weighted by molar-refractivity contribution is 5.46. The molecule has 0 radical (unpaired) electrons. The molecule has 0 heterocycles. The largest absolute Gasteiger partial charge is 0.496 e. The van der Waals surface area contributed by atoms with E-state index in [2.05, 4.69) is 13.8 Å². The van der Waals surface area contributed by atoms with Crippen molar-refractivity contribution < 1.29 is 19.7 Å². The Bertz CT molecular complexity index is 417. The molecule has 0 spiro atoms. The maximum absolute atomic E-state index is 9.47. The number of aliphatic hydroxyl groups excluding tert-OH is 2. The monoisotopic (exact) mass is 296 g/mol. The summed E-state index contributed by atoms with van der Waals surface area (Å²) < 4.78 is 11.1. The lowest BCUT2D eigenvalue weighted by Crippen LogP contribution is -2.12. The van der Waals surface area contributed by atoms with Gasteiger partial charge in [0.1, 0.15) is 11.5 Å². The van der Waals surface area contributed by atoms with Crippen molar-refractivity contribution in [3.63, 3.8) is 0 Å². The Balaban J connectivity index is 2.81. The Labute approximate surface area is 127 Å². The Morgan fingerprint density at radius 2 is 1.67 bits per heavy atom. The zero-order chi connectivity index (χ0) is 15.7. The zero-order valence-electron chi connectivity index (χ0n) is 13.4. The fourth-order valence-corrected chi connectivity index (χ4v) is 2.32. The molecule has 120 valence electrons. The molecule has 21 heavy (non-hydrogen) atoms. The van der Waals surface area contributed by atoms with Gasteiger partial charge in [0.05, 0.1) is 26.9 Å². The molecule has 0 aromatic heterocycles. The number of rotatable bonds is 10. The van der Waals surface area contributed by atoms with Gasteiger partial charge in [0.25, 0.3) is 0 Å². The lowest BCUT2D eigenvalue weighted by Gasteiger charge is -2.18. The first-order valence-electron chi connectivity index (χ1n) is 7.74. The summed E-state index contributed by atoms with van der Waals surface area (Å²) in [6.07, 6.45) is 4.64. The molecule has 0 aliphatic heterocycles. The second kappa shape index (κ2) is 9.64. The second-order valence-corrected chi connectivity index (χ2v) is 5.32. The summed E-state index contributed by atoms with van der Waals surface area (Å²) in [5.74, 6) is 1.74. The summed E-state index contributed by atoms with van der Waals surface area (Å²) in [6, 6.07) is 3.49. The van der Waals surface area contributed by atoms with Crippen molar-refractivity contribution in [1.29, 1.82) is 0 Å². The summed E-state index contributed by atoms with van der Waals surface area (Å²) in [7, 11) is 1.55. The van der Waals surface area contributed by atoms with E-state index >= 15 is 0 Å². The molecule has 4 heteroatoms. The minimum atomic E-state index is -0.113. The number of ether oxygens (including phenoxy) is 2. The Morgan fingerprint density at radius 3 is 2.19 bits per heavy atom. The molecule has 0 amide bonds. The summed E-state index contributed by atoms with van der Waals surface area (Å²) >= 11 is 0. The third kappa shape index (κ3) is 5.21. The first-order chi connectivity index (χ1) is 10.2. The van der Waals surface area contributed by atoms with Gasteiger partial charge < -0.3 is 19.7 Å². The number of hydrogen-bond donors (Lipinski definition) is 2. The molecule has 0 saturated heterocycles. The molecule has 1 aromatic carbocycles. The van der Waals surface area contributed by atoms with Crippen molar-refractivity contribution in [3.8, 4) is 11.5 Å². The summed E-state index contributed by atoms with van der Waals surface area (Å²) in [6.45, 7) is 4.78. The maximum atomic E-state index is 9.47. The number of aliphatic hydroxyl groups is 2. The van der Waals surface area contributed by atoms with Crippen LogP contribution in [0.15, 0.2) is 12.1 Å². The van der Waals surface area contributed by atoms with Crippen LogP contribution in [0.2, 0.25) is 0 Å². The summed E-state index contributed by atoms with van der Waals surface area (Å²) in [4.78, 5) is 0. The highest BCUT2D eigenvalue weighted by atomic mass is 16.5. The molecule has 1 unspecified atom stereocenters. The molecule has 0 bridgehead atoms. The van der Waals surface area contributed by atoms with Crippen LogP contribution in [0.1, 0.15) is 50.7 Å². The standard InChI is InChI=1S/C17H28O4/c1-4-6-7-13(5-2)12-21-17-9-14(10-18)16(20-3)8-15(17)11-19/h8-9,13,18-19H,4-7,10-12H2,1-3H3. The molecule has 0 aliphatic rings. The van der Waals surface area contributed by atoms with Crippen molar-refractivity contribution in [2.45, 2.75) is 52.7 Å². The van der Waals surface area contributed by atoms with E-state index in [0.29, 0.717) is 35.2 Å². The summed E-state index contributed by atoms with van der Waals surface area (Å²) in [5, 5.41) is 18.8. The molecule has 0 saturated carbocycles. The van der Waals surface area contributed by atoms with E-state index in [9.17, 15) is 10.2 Å². The summed E-state index contributed by atoms with van der Waals surface area (Å²) in [5.41, 5.74) is 1.36. The van der Waals surface area contributed by atoms with E-state index in [0.717, 1.165) is 12.8 Å². The maximum Gasteiger partial charge on any atom is 0.125 e. The van der Waals surface area contributed by atoms with Crippen LogP contribution < -0.4 is 9.47 Å². The van der Waals surface area contributed by atoms with Gasteiger partial charge in [-0.05, 0) is 24.5 Å². The Morgan fingerprint density at radius 1 is 1.05 bits per heavy atom. The van der Waals surface area contributed by atoms with Gasteiger partial charge in [-0.2, -0.15) is 0 Å². The van der Waals surface area contributed by atoms with Crippen LogP contribution in [0.4, 0.5) is 0 Å². The first-order valence-corrected chi connectivity index (χ1v) is 7.74. The molecule has 4 nitrogen and oxygen atoms in total. The third-order valence-electron chi connectivity index (χ3n) is 3.82. The van der Waals surface area contributed by atoms with Crippen molar-refractivity contribution in [2.75, 3.05) is 13.7 Å². The van der Waals surface area contributed by atoms with Crippen LogP contribution >= 0.6 is 0 Å². The third-order valence-corrected chi connectivity index (χ3v) is 3.82. The number of methoxy groups -OCH3 is 1. The van der Waals surface area contributed by atoms with Gasteiger partial charge >= 0.3 is 0 Å². The van der Waals surface area contributed by atoms with E-state index in [4.69, 9.17) is 9.47 Å². The molecule has 0 fully saturated rings. The minimum absolute atomic E-state index is 0.108. The van der Waals surface area contributed by atoms with Crippen molar-refractivity contribution in [3.05, 3.63) is 23.3 Å². The van der Waals surface area contributed by atoms with Gasteiger partial charge in [-0.25, -0.2) is 0 Å². The molecular formula is C17H28O4. The average Bonchev–Trinajstić information content (AvgIpc) is 2.54. The first kappa shape index (κ1) is 17.8. The van der Waals surface area contributed by atoms with Crippen LogP contribution in [0, 0.1) is 5.92 Å². The molecule has 1 rings (SSSR count). The van der Waals surface area contributed by atoms with Crippen LogP contribution in [-0.4, -0.2) is 23.9 Å². The lowest BCUT2D eigenvalue weighted by molar-refractivity contribution is 0.219. The zero-order valence-corrected chi connectivity index (χ0v) is 13.4. The van der Waals surface area contributed by atoms with Crippen LogP contribution in [0.25, 0.3) is 0 Å². The molecule has 2 N–H and O–H groups in total. The van der Waals surface area contributed by atoms with E-state index in [1.165, 1.54) is 12.8 Å². The molecule has 1 atom stereocenters. The van der Waals surface area contributed by atoms with Gasteiger partial charge in [0.2, 0.25) is 0 Å². The van der Waals surface area contributed by atoms with Crippen molar-refractivity contribution in [1.82, 2.24) is 0 Å². The van der Waals surface area contributed by atoms with E-state index < -0.39 is 0 Å². The fourth-order valence-electron chi connectivity index (χ4n) is 2.32. The van der Waals surface area contributed by atoms with E-state index in [1.807, 2.05) is 0 Å². The van der Waals surface area contributed by atoms with Crippen LogP contribution in [0.3, 0.4) is 0 Å². The van der Waals surface area contributed by atoms with Gasteiger partial charge in [-0.15, -0.1) is 0 Å². The predicted molar refractivity (Wildman–Crippen MR) is 83.6 cm³/mol. The number of hydrogen-bond acceptors (Lipinski definition) is 4. The number of benzene rings is 1. The molecule has 1 aromatic rings. The molecular weight excluding hydrogens is 268 g/mol.